The van der Waals surface area contributed by atoms with E-state index in [1.807, 2.05) is 70.2 Å². The molecule has 0 radical (unpaired) electrons. The van der Waals surface area contributed by atoms with E-state index in [0.29, 0.717) is 33.6 Å². The fourth-order valence-electron chi connectivity index (χ4n) is 4.76. The minimum atomic E-state index is -0.293. The molecule has 4 aromatic heterocycles. The van der Waals surface area contributed by atoms with Gasteiger partial charge in [0.1, 0.15) is 16.7 Å². The quantitative estimate of drug-likeness (QED) is 0.198. The Kier molecular flexibility index (Phi) is 6.09. The monoisotopic (exact) mass is 595 g/mol. The molecule has 7 nitrogen and oxygen atoms in total. The van der Waals surface area contributed by atoms with E-state index < -0.39 is 0 Å². The first-order valence-electron chi connectivity index (χ1n) is 12.2. The number of aryl methyl sites for hydroxylation is 2. The standard InChI is InChI=1S/C30H22BrN5O2S/c1-16-11-21(18(3)35(16)30-24(14-32)17(2)19(4)39-30)15-33-36-28(34-25-8-6-5-7-23(25)29(36)37)27-13-20-12-22(31)9-10-26(20)38-27/h5-13,15H,1-4H3. The van der Waals surface area contributed by atoms with Gasteiger partial charge in [-0.2, -0.15) is 15.0 Å². The molecule has 0 fully saturated rings. The number of hydrogen-bond acceptors (Lipinski definition) is 6. The molecule has 0 aliphatic carbocycles. The van der Waals surface area contributed by atoms with Crippen LogP contribution in [-0.4, -0.2) is 20.4 Å². The Morgan fingerprint density at radius 2 is 1.90 bits per heavy atom. The number of para-hydroxylation sites is 1. The van der Waals surface area contributed by atoms with Crippen molar-refractivity contribution in [3.63, 3.8) is 0 Å². The van der Waals surface area contributed by atoms with Crippen LogP contribution >= 0.6 is 27.3 Å². The first-order chi connectivity index (χ1) is 18.8. The maximum atomic E-state index is 13.6. The number of fused-ring (bicyclic) bond motifs is 2. The molecule has 192 valence electrons. The van der Waals surface area contributed by atoms with E-state index in [0.717, 1.165) is 42.3 Å². The Morgan fingerprint density at radius 3 is 2.69 bits per heavy atom. The molecule has 0 amide bonds. The highest BCUT2D eigenvalue weighted by atomic mass is 79.9. The summed E-state index contributed by atoms with van der Waals surface area (Å²) in [5.41, 5.74) is 5.36. The zero-order chi connectivity index (χ0) is 27.4. The highest BCUT2D eigenvalue weighted by molar-refractivity contribution is 9.10. The molecule has 0 atom stereocenters. The van der Waals surface area contributed by atoms with Crippen LogP contribution in [0.25, 0.3) is 38.5 Å². The van der Waals surface area contributed by atoms with E-state index in [1.54, 1.807) is 29.7 Å². The average molecular weight is 597 g/mol. The van der Waals surface area contributed by atoms with Crippen molar-refractivity contribution in [2.45, 2.75) is 27.7 Å². The van der Waals surface area contributed by atoms with Crippen molar-refractivity contribution in [2.24, 2.45) is 5.10 Å². The van der Waals surface area contributed by atoms with Crippen LogP contribution in [0, 0.1) is 39.0 Å². The highest BCUT2D eigenvalue weighted by Gasteiger charge is 2.20. The fourth-order valence-corrected chi connectivity index (χ4v) is 6.36. The van der Waals surface area contributed by atoms with Gasteiger partial charge in [0.2, 0.25) is 5.82 Å². The lowest BCUT2D eigenvalue weighted by Gasteiger charge is -2.08. The molecule has 6 rings (SSSR count). The first kappa shape index (κ1) is 25.0. The average Bonchev–Trinajstić information content (AvgIpc) is 3.55. The number of hydrogen-bond donors (Lipinski definition) is 0. The third-order valence-electron chi connectivity index (χ3n) is 6.92. The van der Waals surface area contributed by atoms with Crippen molar-refractivity contribution in [2.75, 3.05) is 0 Å². The second-order valence-electron chi connectivity index (χ2n) is 9.34. The lowest BCUT2D eigenvalue weighted by atomic mass is 10.2. The zero-order valence-electron chi connectivity index (χ0n) is 21.6. The van der Waals surface area contributed by atoms with Crippen LogP contribution in [0.3, 0.4) is 0 Å². The van der Waals surface area contributed by atoms with Crippen molar-refractivity contribution >= 4 is 55.4 Å². The summed E-state index contributed by atoms with van der Waals surface area (Å²) in [6.45, 7) is 7.98. The smallest absolute Gasteiger partial charge is 0.282 e. The molecule has 0 aliphatic rings. The van der Waals surface area contributed by atoms with E-state index >= 15 is 0 Å². The number of nitriles is 1. The molecule has 4 heterocycles. The molecule has 0 aliphatic heterocycles. The molecule has 9 heteroatoms. The highest BCUT2D eigenvalue weighted by Crippen LogP contribution is 2.33. The molecule has 0 saturated carbocycles. The maximum Gasteiger partial charge on any atom is 0.282 e. The van der Waals surface area contributed by atoms with Crippen LogP contribution < -0.4 is 5.56 Å². The normalized spacial score (nSPS) is 11.7. The van der Waals surface area contributed by atoms with Gasteiger partial charge in [-0.3, -0.25) is 4.79 Å². The Labute approximate surface area is 236 Å². The summed E-state index contributed by atoms with van der Waals surface area (Å²) in [6, 6.07) is 19.1. The largest absolute Gasteiger partial charge is 0.453 e. The SMILES string of the molecule is Cc1sc(-n2c(C)cc(C=Nn3c(-c4cc5cc(Br)ccc5o4)nc4ccccc4c3=O)c2C)c(C#N)c1C. The zero-order valence-corrected chi connectivity index (χ0v) is 24.0. The van der Waals surface area contributed by atoms with Crippen molar-refractivity contribution in [1.29, 1.82) is 5.26 Å². The fraction of sp³-hybridized carbons (Fsp3) is 0.133. The lowest BCUT2D eigenvalue weighted by Crippen LogP contribution is -2.20. The second-order valence-corrected chi connectivity index (χ2v) is 11.5. The summed E-state index contributed by atoms with van der Waals surface area (Å²) in [5.74, 6) is 0.754. The molecular weight excluding hydrogens is 574 g/mol. The Morgan fingerprint density at radius 1 is 1.10 bits per heavy atom. The Bertz CT molecular complexity index is 2070. The second kappa shape index (κ2) is 9.49. The summed E-state index contributed by atoms with van der Waals surface area (Å²) in [5, 5.41) is 16.7. The molecule has 0 bridgehead atoms. The molecule has 39 heavy (non-hydrogen) atoms. The van der Waals surface area contributed by atoms with E-state index in [2.05, 4.69) is 31.7 Å². The van der Waals surface area contributed by atoms with Crippen LogP contribution in [0.5, 0.6) is 0 Å². The topological polar surface area (TPSA) is 89.1 Å². The van der Waals surface area contributed by atoms with E-state index in [-0.39, 0.29) is 5.56 Å². The van der Waals surface area contributed by atoms with Crippen LogP contribution in [0.2, 0.25) is 0 Å². The molecule has 0 N–H and O–H groups in total. The summed E-state index contributed by atoms with van der Waals surface area (Å²) >= 11 is 5.09. The molecule has 0 saturated heterocycles. The number of aromatic nitrogens is 3. The molecular formula is C30H22BrN5O2S. The van der Waals surface area contributed by atoms with E-state index in [9.17, 15) is 10.1 Å². The summed E-state index contributed by atoms with van der Waals surface area (Å²) in [7, 11) is 0. The van der Waals surface area contributed by atoms with Crippen molar-refractivity contribution in [1.82, 2.24) is 14.2 Å². The van der Waals surface area contributed by atoms with Crippen LogP contribution in [0.4, 0.5) is 0 Å². The van der Waals surface area contributed by atoms with Gasteiger partial charge >= 0.3 is 0 Å². The van der Waals surface area contributed by atoms with Crippen LogP contribution in [0.15, 0.2) is 73.4 Å². The number of furan rings is 1. The van der Waals surface area contributed by atoms with Gasteiger partial charge < -0.3 is 8.98 Å². The van der Waals surface area contributed by atoms with Gasteiger partial charge in [-0.1, -0.05) is 28.1 Å². The third kappa shape index (κ3) is 4.13. The van der Waals surface area contributed by atoms with Gasteiger partial charge in [0.25, 0.3) is 5.56 Å². The predicted octanol–water partition coefficient (Wildman–Crippen LogP) is 7.41. The van der Waals surface area contributed by atoms with Gasteiger partial charge in [-0.25, -0.2) is 4.98 Å². The Hall–Kier alpha value is -4.26. The first-order valence-corrected chi connectivity index (χ1v) is 13.8. The summed E-state index contributed by atoms with van der Waals surface area (Å²) in [6.07, 6.45) is 1.67. The predicted molar refractivity (Wildman–Crippen MR) is 159 cm³/mol. The van der Waals surface area contributed by atoms with Crippen LogP contribution in [-0.2, 0) is 0 Å². The maximum absolute atomic E-state index is 13.6. The van der Waals surface area contributed by atoms with Gasteiger partial charge in [-0.05, 0) is 75.7 Å². The summed E-state index contributed by atoms with van der Waals surface area (Å²) in [4.78, 5) is 19.5. The molecule has 2 aromatic carbocycles. The minimum absolute atomic E-state index is 0.293. The number of rotatable bonds is 4. The number of nitrogens with zero attached hydrogens (tertiary/aromatic N) is 5. The molecule has 0 unspecified atom stereocenters. The van der Waals surface area contributed by atoms with Crippen molar-refractivity contribution in [3.05, 3.63) is 102 Å². The van der Waals surface area contributed by atoms with Crippen LogP contribution in [0.1, 0.15) is 33.0 Å². The Balaban J connectivity index is 1.52. The van der Waals surface area contributed by atoms with Gasteiger partial charge in [0.05, 0.1) is 22.7 Å². The van der Waals surface area contributed by atoms with Gasteiger partial charge in [0, 0.05) is 31.7 Å². The van der Waals surface area contributed by atoms with Crippen molar-refractivity contribution < 1.29 is 4.42 Å². The third-order valence-corrected chi connectivity index (χ3v) is 8.60. The van der Waals surface area contributed by atoms with Gasteiger partial charge in [0.15, 0.2) is 5.76 Å². The molecule has 0 spiro atoms. The number of benzene rings is 2. The lowest BCUT2D eigenvalue weighted by molar-refractivity contribution is 0.616. The number of halogens is 1. The number of thiophene rings is 1. The molecule has 6 aromatic rings. The minimum Gasteiger partial charge on any atom is -0.453 e. The van der Waals surface area contributed by atoms with E-state index in [1.165, 1.54) is 4.68 Å². The van der Waals surface area contributed by atoms with Crippen molar-refractivity contribution in [3.8, 4) is 22.7 Å². The van der Waals surface area contributed by atoms with Gasteiger partial charge in [-0.15, -0.1) is 11.3 Å². The van der Waals surface area contributed by atoms with E-state index in [4.69, 9.17) is 9.40 Å². The summed E-state index contributed by atoms with van der Waals surface area (Å²) < 4.78 is 10.4.